The van der Waals surface area contributed by atoms with Gasteiger partial charge in [-0.2, -0.15) is 0 Å². The highest BCUT2D eigenvalue weighted by Gasteiger charge is 2.29. The lowest BCUT2D eigenvalue weighted by Gasteiger charge is -2.34. The predicted octanol–water partition coefficient (Wildman–Crippen LogP) is 4.73. The van der Waals surface area contributed by atoms with Crippen LogP contribution in [0.5, 0.6) is 5.75 Å². The summed E-state index contributed by atoms with van der Waals surface area (Å²) in [7, 11) is 0. The third-order valence-corrected chi connectivity index (χ3v) is 4.45. The van der Waals surface area contributed by atoms with Crippen LogP contribution in [-0.2, 0) is 4.74 Å². The second-order valence-corrected chi connectivity index (χ2v) is 6.54. The molecule has 1 aliphatic rings. The van der Waals surface area contributed by atoms with Gasteiger partial charge in [0.1, 0.15) is 11.9 Å². The number of urea groups is 1. The Hall–Kier alpha value is -2.73. The van der Waals surface area contributed by atoms with Gasteiger partial charge in [0.2, 0.25) is 0 Å². The molecule has 0 saturated heterocycles. The molecule has 1 heterocycles. The van der Waals surface area contributed by atoms with Gasteiger partial charge >= 0.3 is 12.0 Å². The van der Waals surface area contributed by atoms with Gasteiger partial charge in [0.15, 0.2) is 0 Å². The molecule has 1 aliphatic heterocycles. The SMILES string of the molecule is CCOC(=O)c1cccc(NC(=O)N2C[C@H](CC)Oc3ccc(Cl)cc32)c1. The van der Waals surface area contributed by atoms with Gasteiger partial charge in [0.05, 0.1) is 24.4 Å². The lowest BCUT2D eigenvalue weighted by atomic mass is 10.1. The zero-order chi connectivity index (χ0) is 19.4. The fraction of sp³-hybridized carbons (Fsp3) is 0.300. The largest absolute Gasteiger partial charge is 0.486 e. The number of amides is 2. The molecule has 0 spiro atoms. The van der Waals surface area contributed by atoms with Gasteiger partial charge in [-0.15, -0.1) is 0 Å². The molecule has 0 aromatic heterocycles. The summed E-state index contributed by atoms with van der Waals surface area (Å²) in [5.41, 5.74) is 1.51. The summed E-state index contributed by atoms with van der Waals surface area (Å²) >= 11 is 6.10. The van der Waals surface area contributed by atoms with Crippen LogP contribution in [0.3, 0.4) is 0 Å². The number of ether oxygens (including phenoxy) is 2. The minimum atomic E-state index is -0.428. The maximum absolute atomic E-state index is 12.9. The molecule has 6 nitrogen and oxygen atoms in total. The van der Waals surface area contributed by atoms with Gasteiger partial charge in [0.25, 0.3) is 0 Å². The first-order valence-corrected chi connectivity index (χ1v) is 9.21. The molecule has 0 bridgehead atoms. The molecule has 3 rings (SSSR count). The van der Waals surface area contributed by atoms with Crippen molar-refractivity contribution in [2.45, 2.75) is 26.4 Å². The molecule has 2 aromatic rings. The predicted molar refractivity (Wildman–Crippen MR) is 105 cm³/mol. The van der Waals surface area contributed by atoms with E-state index in [1.165, 1.54) is 0 Å². The van der Waals surface area contributed by atoms with Crippen molar-refractivity contribution in [3.63, 3.8) is 0 Å². The number of fused-ring (bicyclic) bond motifs is 1. The monoisotopic (exact) mass is 388 g/mol. The van der Waals surface area contributed by atoms with Crippen molar-refractivity contribution >= 4 is 35.0 Å². The third kappa shape index (κ3) is 4.34. The lowest BCUT2D eigenvalue weighted by Crippen LogP contribution is -2.45. The van der Waals surface area contributed by atoms with Gasteiger partial charge < -0.3 is 14.8 Å². The number of esters is 1. The molecular weight excluding hydrogens is 368 g/mol. The summed E-state index contributed by atoms with van der Waals surface area (Å²) in [6, 6.07) is 11.5. The summed E-state index contributed by atoms with van der Waals surface area (Å²) in [6.45, 7) is 4.45. The Balaban J connectivity index is 1.83. The van der Waals surface area contributed by atoms with Gasteiger partial charge in [-0.25, -0.2) is 9.59 Å². The van der Waals surface area contributed by atoms with E-state index >= 15 is 0 Å². The second-order valence-electron chi connectivity index (χ2n) is 6.10. The van der Waals surface area contributed by atoms with E-state index in [-0.39, 0.29) is 12.1 Å². The summed E-state index contributed by atoms with van der Waals surface area (Å²) in [5.74, 6) is 0.191. The molecule has 0 saturated carbocycles. The van der Waals surface area contributed by atoms with Crippen LogP contribution in [0.4, 0.5) is 16.2 Å². The van der Waals surface area contributed by atoms with E-state index in [0.717, 1.165) is 6.42 Å². The molecule has 1 atom stereocenters. The summed E-state index contributed by atoms with van der Waals surface area (Å²) < 4.78 is 10.9. The highest BCUT2D eigenvalue weighted by molar-refractivity contribution is 6.31. The highest BCUT2D eigenvalue weighted by Crippen LogP contribution is 2.36. The highest BCUT2D eigenvalue weighted by atomic mass is 35.5. The normalized spacial score (nSPS) is 15.5. The van der Waals surface area contributed by atoms with Crippen molar-refractivity contribution in [2.24, 2.45) is 0 Å². The zero-order valence-electron chi connectivity index (χ0n) is 15.2. The Labute approximate surface area is 163 Å². The molecule has 0 fully saturated rings. The number of hydrogen-bond donors (Lipinski definition) is 1. The number of carbonyl (C=O) groups is 2. The lowest BCUT2D eigenvalue weighted by molar-refractivity contribution is 0.0526. The molecule has 0 radical (unpaired) electrons. The summed E-state index contributed by atoms with van der Waals surface area (Å²) in [6.07, 6.45) is 0.666. The average Bonchev–Trinajstić information content (AvgIpc) is 2.67. The van der Waals surface area contributed by atoms with E-state index in [1.807, 2.05) is 6.92 Å². The fourth-order valence-electron chi connectivity index (χ4n) is 2.85. The second kappa shape index (κ2) is 8.31. The van der Waals surface area contributed by atoms with Crippen molar-refractivity contribution in [3.8, 4) is 5.75 Å². The molecule has 7 heteroatoms. The number of rotatable bonds is 4. The Morgan fingerprint density at radius 1 is 1.26 bits per heavy atom. The minimum Gasteiger partial charge on any atom is -0.486 e. The standard InChI is InChI=1S/C20H21ClN2O4/c1-3-16-12-23(17-11-14(21)8-9-18(17)27-16)20(25)22-15-7-5-6-13(10-15)19(24)26-4-2/h5-11,16H,3-4,12H2,1-2H3,(H,22,25)/t16-/m0/s1. The van der Waals surface area contributed by atoms with Gasteiger partial charge in [0, 0.05) is 10.7 Å². The third-order valence-electron chi connectivity index (χ3n) is 4.22. The molecule has 27 heavy (non-hydrogen) atoms. The Morgan fingerprint density at radius 3 is 2.81 bits per heavy atom. The van der Waals surface area contributed by atoms with Gasteiger partial charge in [-0.05, 0) is 49.7 Å². The molecule has 2 aromatic carbocycles. The zero-order valence-corrected chi connectivity index (χ0v) is 16.0. The van der Waals surface area contributed by atoms with E-state index < -0.39 is 5.97 Å². The average molecular weight is 389 g/mol. The summed E-state index contributed by atoms with van der Waals surface area (Å²) in [5, 5.41) is 3.36. The van der Waals surface area contributed by atoms with E-state index in [9.17, 15) is 9.59 Å². The smallest absolute Gasteiger partial charge is 0.338 e. The first kappa shape index (κ1) is 19.0. The Kier molecular flexibility index (Phi) is 5.86. The van der Waals surface area contributed by atoms with Crippen LogP contribution < -0.4 is 15.0 Å². The summed E-state index contributed by atoms with van der Waals surface area (Å²) in [4.78, 5) is 26.4. The number of benzene rings is 2. The van der Waals surface area contributed by atoms with Crippen molar-refractivity contribution in [1.82, 2.24) is 0 Å². The maximum atomic E-state index is 12.9. The molecular formula is C20H21ClN2O4. The minimum absolute atomic E-state index is 0.102. The van der Waals surface area contributed by atoms with E-state index in [0.29, 0.717) is 40.9 Å². The fourth-order valence-corrected chi connectivity index (χ4v) is 3.02. The van der Waals surface area contributed by atoms with E-state index in [2.05, 4.69) is 5.32 Å². The molecule has 142 valence electrons. The molecule has 0 aliphatic carbocycles. The van der Waals surface area contributed by atoms with Crippen LogP contribution in [0.15, 0.2) is 42.5 Å². The number of nitrogens with zero attached hydrogens (tertiary/aromatic N) is 1. The molecule has 2 amide bonds. The van der Waals surface area contributed by atoms with Crippen molar-refractivity contribution in [1.29, 1.82) is 0 Å². The van der Waals surface area contributed by atoms with Gasteiger partial charge in [-0.3, -0.25) is 4.90 Å². The van der Waals surface area contributed by atoms with Crippen molar-refractivity contribution < 1.29 is 19.1 Å². The van der Waals surface area contributed by atoms with E-state index in [4.69, 9.17) is 21.1 Å². The van der Waals surface area contributed by atoms with Crippen LogP contribution in [0.2, 0.25) is 5.02 Å². The van der Waals surface area contributed by atoms with Crippen molar-refractivity contribution in [2.75, 3.05) is 23.4 Å². The topological polar surface area (TPSA) is 67.9 Å². The number of halogens is 1. The molecule has 0 unspecified atom stereocenters. The van der Waals surface area contributed by atoms with Crippen LogP contribution in [-0.4, -0.2) is 31.3 Å². The number of nitrogens with one attached hydrogen (secondary N) is 1. The first-order valence-electron chi connectivity index (χ1n) is 8.83. The molecule has 1 N–H and O–H groups in total. The van der Waals surface area contributed by atoms with Crippen LogP contribution in [0, 0.1) is 0 Å². The van der Waals surface area contributed by atoms with Gasteiger partial charge in [-0.1, -0.05) is 24.6 Å². The van der Waals surface area contributed by atoms with E-state index in [1.54, 1.807) is 54.3 Å². The number of carbonyl (C=O) groups excluding carboxylic acids is 2. The van der Waals surface area contributed by atoms with Crippen molar-refractivity contribution in [3.05, 3.63) is 53.1 Å². The van der Waals surface area contributed by atoms with Crippen LogP contribution >= 0.6 is 11.6 Å². The first-order chi connectivity index (χ1) is 13.0. The Morgan fingerprint density at radius 2 is 2.07 bits per heavy atom. The van der Waals surface area contributed by atoms with Crippen LogP contribution in [0.25, 0.3) is 0 Å². The quantitative estimate of drug-likeness (QED) is 0.769. The number of anilines is 2. The maximum Gasteiger partial charge on any atom is 0.338 e. The van der Waals surface area contributed by atoms with Crippen LogP contribution in [0.1, 0.15) is 30.6 Å². The Bertz CT molecular complexity index is 856. The number of hydrogen-bond acceptors (Lipinski definition) is 4.